The molecule has 3 aromatic rings. The van der Waals surface area contributed by atoms with E-state index in [0.717, 1.165) is 17.7 Å². The van der Waals surface area contributed by atoms with E-state index in [9.17, 15) is 4.79 Å². The summed E-state index contributed by atoms with van der Waals surface area (Å²) in [5.74, 6) is 1.10. The molecule has 0 aliphatic rings. The van der Waals surface area contributed by atoms with E-state index in [1.54, 1.807) is 11.3 Å². The zero-order chi connectivity index (χ0) is 26.7. The second-order valence-electron chi connectivity index (χ2n) is 9.88. The third-order valence-corrected chi connectivity index (χ3v) is 7.31. The van der Waals surface area contributed by atoms with Crippen LogP contribution in [0, 0.1) is 0 Å². The van der Waals surface area contributed by atoms with E-state index in [0.29, 0.717) is 24.7 Å². The number of amides is 1. The number of unbranched alkanes of at least 4 members (excludes halogenated alkanes) is 11. The van der Waals surface area contributed by atoms with Crippen molar-refractivity contribution in [3.8, 4) is 11.5 Å². The molecule has 0 aliphatic carbocycles. The van der Waals surface area contributed by atoms with E-state index in [1.165, 1.54) is 70.6 Å². The van der Waals surface area contributed by atoms with E-state index in [-0.39, 0.29) is 29.5 Å². The molecule has 0 saturated carbocycles. The molecular formula is C32H45BrN2O3S. The Kier molecular flexibility index (Phi) is 17.3. The number of carbonyl (C=O) groups is 1. The minimum Gasteiger partial charge on any atom is -1.00 e. The molecule has 3 rings (SSSR count). The van der Waals surface area contributed by atoms with Gasteiger partial charge in [0.1, 0.15) is 0 Å². The molecule has 0 fully saturated rings. The van der Waals surface area contributed by atoms with Gasteiger partial charge in [-0.15, -0.1) is 0 Å². The van der Waals surface area contributed by atoms with Gasteiger partial charge in [-0.1, -0.05) is 119 Å². The van der Waals surface area contributed by atoms with Crippen LogP contribution in [0.1, 0.15) is 89.5 Å². The van der Waals surface area contributed by atoms with Crippen molar-refractivity contribution in [2.24, 2.45) is 0 Å². The Hall–Kier alpha value is -2.38. The predicted molar refractivity (Wildman–Crippen MR) is 157 cm³/mol. The number of halogens is 1. The summed E-state index contributed by atoms with van der Waals surface area (Å²) in [6, 6.07) is 15.5. The number of thiazole rings is 1. The largest absolute Gasteiger partial charge is 1.00 e. The molecule has 0 saturated heterocycles. The van der Waals surface area contributed by atoms with Gasteiger partial charge in [-0.05, 0) is 24.6 Å². The Labute approximate surface area is 249 Å². The van der Waals surface area contributed by atoms with Gasteiger partial charge in [0.05, 0.1) is 17.7 Å². The lowest BCUT2D eigenvalue weighted by Crippen LogP contribution is -3.00. The number of nitrogens with one attached hydrogen (secondary N) is 1. The van der Waals surface area contributed by atoms with Gasteiger partial charge >= 0.3 is 0 Å². The summed E-state index contributed by atoms with van der Waals surface area (Å²) < 4.78 is 13.9. The van der Waals surface area contributed by atoms with Crippen molar-refractivity contribution in [3.05, 3.63) is 71.2 Å². The van der Waals surface area contributed by atoms with Crippen LogP contribution in [0.15, 0.2) is 65.6 Å². The lowest BCUT2D eigenvalue weighted by atomic mass is 10.1. The van der Waals surface area contributed by atoms with Gasteiger partial charge in [0, 0.05) is 5.56 Å². The third kappa shape index (κ3) is 13.5. The molecule has 1 N–H and O–H groups in total. The molecule has 214 valence electrons. The monoisotopic (exact) mass is 616 g/mol. The molecule has 0 bridgehead atoms. The van der Waals surface area contributed by atoms with Crippen LogP contribution in [0.4, 0.5) is 5.69 Å². The minimum absolute atomic E-state index is 0. The zero-order valence-corrected chi connectivity index (χ0v) is 25.8. The summed E-state index contributed by atoms with van der Waals surface area (Å²) >= 11 is 1.64. The smallest absolute Gasteiger partial charge is 0.262 e. The number of hydrogen-bond donors (Lipinski definition) is 1. The lowest BCUT2D eigenvalue weighted by molar-refractivity contribution is -0.683. The lowest BCUT2D eigenvalue weighted by Gasteiger charge is -2.13. The number of hydrogen-bond acceptors (Lipinski definition) is 4. The standard InChI is InChI=1S/C32H44N2O3S.BrH/c1-2-3-4-5-6-7-8-9-10-11-12-17-23-36-30-20-15-16-21-31(30)37-26-32(35)33-29-19-14-13-18-28(29)25-34-22-24-38-27-34;/h13-16,18-22,24,27H,2-12,17,23,25-26H2,1H3;1H. The van der Waals surface area contributed by atoms with Crippen LogP contribution in [0.5, 0.6) is 11.5 Å². The van der Waals surface area contributed by atoms with Crippen LogP contribution in [0.3, 0.4) is 0 Å². The molecule has 7 heteroatoms. The van der Waals surface area contributed by atoms with Crippen LogP contribution < -0.4 is 36.3 Å². The Bertz CT molecular complexity index is 1050. The maximum Gasteiger partial charge on any atom is 0.262 e. The van der Waals surface area contributed by atoms with Crippen LogP contribution in [-0.4, -0.2) is 19.1 Å². The summed E-state index contributed by atoms with van der Waals surface area (Å²) in [5, 5.41) is 5.03. The van der Waals surface area contributed by atoms with Gasteiger partial charge in [-0.2, -0.15) is 4.57 Å². The highest BCUT2D eigenvalue weighted by molar-refractivity contribution is 7.07. The first-order valence-electron chi connectivity index (χ1n) is 14.4. The van der Waals surface area contributed by atoms with Crippen molar-refractivity contribution in [2.45, 2.75) is 90.5 Å². The number of ether oxygens (including phenoxy) is 2. The zero-order valence-electron chi connectivity index (χ0n) is 23.4. The van der Waals surface area contributed by atoms with Crippen LogP contribution in [0.2, 0.25) is 0 Å². The first-order chi connectivity index (χ1) is 18.8. The quantitative estimate of drug-likeness (QED) is 0.140. The second-order valence-corrected chi connectivity index (χ2v) is 10.6. The van der Waals surface area contributed by atoms with Gasteiger partial charge in [0.2, 0.25) is 5.51 Å². The molecular weight excluding hydrogens is 572 g/mol. The van der Waals surface area contributed by atoms with Gasteiger partial charge in [-0.3, -0.25) is 4.79 Å². The molecule has 1 heterocycles. The van der Waals surface area contributed by atoms with Crippen molar-refractivity contribution < 1.29 is 35.8 Å². The summed E-state index contributed by atoms with van der Waals surface area (Å²) in [6.45, 7) is 3.57. The van der Waals surface area contributed by atoms with Gasteiger partial charge in [0.25, 0.3) is 5.91 Å². The molecule has 0 atom stereocenters. The molecule has 5 nitrogen and oxygen atoms in total. The summed E-state index contributed by atoms with van der Waals surface area (Å²) in [7, 11) is 0. The first kappa shape index (κ1) is 32.8. The number of benzene rings is 2. The fraction of sp³-hybridized carbons (Fsp3) is 0.500. The van der Waals surface area contributed by atoms with Gasteiger partial charge < -0.3 is 31.8 Å². The fourth-order valence-corrected chi connectivity index (χ4v) is 5.07. The number of carbonyl (C=O) groups excluding carboxylic acids is 1. The average molecular weight is 618 g/mol. The molecule has 1 amide bonds. The van der Waals surface area contributed by atoms with Crippen molar-refractivity contribution in [1.29, 1.82) is 0 Å². The number of aromatic nitrogens is 1. The van der Waals surface area contributed by atoms with Crippen LogP contribution in [-0.2, 0) is 11.3 Å². The maximum absolute atomic E-state index is 12.7. The van der Waals surface area contributed by atoms with E-state index in [4.69, 9.17) is 9.47 Å². The Morgan fingerprint density at radius 1 is 0.795 bits per heavy atom. The molecule has 0 radical (unpaired) electrons. The molecule has 1 aromatic heterocycles. The second kappa shape index (κ2) is 20.5. The van der Waals surface area contributed by atoms with E-state index < -0.39 is 0 Å². The van der Waals surface area contributed by atoms with E-state index >= 15 is 0 Å². The van der Waals surface area contributed by atoms with Crippen LogP contribution in [0.25, 0.3) is 0 Å². The molecule has 0 aliphatic heterocycles. The van der Waals surface area contributed by atoms with Crippen LogP contribution >= 0.6 is 11.3 Å². The minimum atomic E-state index is -0.191. The molecule has 0 spiro atoms. The van der Waals surface area contributed by atoms with Gasteiger partial charge in [-0.25, -0.2) is 0 Å². The highest BCUT2D eigenvalue weighted by atomic mass is 79.9. The van der Waals surface area contributed by atoms with Crippen molar-refractivity contribution in [2.75, 3.05) is 18.5 Å². The van der Waals surface area contributed by atoms with E-state index in [2.05, 4.69) is 22.3 Å². The summed E-state index contributed by atoms with van der Waals surface area (Å²) in [6.07, 6.45) is 17.9. The predicted octanol–water partition coefficient (Wildman–Crippen LogP) is 5.19. The summed E-state index contributed by atoms with van der Waals surface area (Å²) in [4.78, 5) is 12.7. The number of nitrogens with zero attached hydrogens (tertiary/aromatic N) is 1. The third-order valence-electron chi connectivity index (χ3n) is 6.63. The number of para-hydroxylation sites is 3. The normalized spacial score (nSPS) is 10.6. The Balaban J connectivity index is 0.00000533. The van der Waals surface area contributed by atoms with Crippen molar-refractivity contribution >= 4 is 22.9 Å². The molecule has 0 unspecified atom stereocenters. The summed E-state index contributed by atoms with van der Waals surface area (Å²) in [5.41, 5.74) is 3.90. The molecule has 39 heavy (non-hydrogen) atoms. The van der Waals surface area contributed by atoms with Crippen molar-refractivity contribution in [3.63, 3.8) is 0 Å². The number of rotatable bonds is 20. The van der Waals surface area contributed by atoms with Crippen molar-refractivity contribution in [1.82, 2.24) is 0 Å². The topological polar surface area (TPSA) is 51.4 Å². The maximum atomic E-state index is 12.7. The first-order valence-corrected chi connectivity index (χ1v) is 15.3. The highest BCUT2D eigenvalue weighted by Gasteiger charge is 2.12. The highest BCUT2D eigenvalue weighted by Crippen LogP contribution is 2.27. The Morgan fingerprint density at radius 3 is 2.03 bits per heavy atom. The SMILES string of the molecule is CCCCCCCCCCCCCCOc1ccccc1OCC(=O)Nc1ccccc1C[n+]1ccsc1.[Br-]. The Morgan fingerprint density at radius 2 is 1.38 bits per heavy atom. The van der Waals surface area contributed by atoms with E-state index in [1.807, 2.05) is 60.1 Å². The van der Waals surface area contributed by atoms with Gasteiger partial charge in [0.15, 0.2) is 30.8 Å². The molecule has 2 aromatic carbocycles. The fourth-order valence-electron chi connectivity index (χ4n) is 4.47. The average Bonchev–Trinajstić information content (AvgIpc) is 3.45. The number of anilines is 1.